The summed E-state index contributed by atoms with van der Waals surface area (Å²) in [6.07, 6.45) is 2.12. The number of aromatic nitrogens is 1. The summed E-state index contributed by atoms with van der Waals surface area (Å²) in [5.74, 6) is 0.966. The Balaban J connectivity index is 1.24. The predicted molar refractivity (Wildman–Crippen MR) is 118 cm³/mol. The monoisotopic (exact) mass is 426 g/mol. The summed E-state index contributed by atoms with van der Waals surface area (Å²) >= 11 is 6.12. The summed E-state index contributed by atoms with van der Waals surface area (Å²) in [6, 6.07) is 9.33. The van der Waals surface area contributed by atoms with Crippen molar-refractivity contribution in [1.29, 1.82) is 0 Å². The van der Waals surface area contributed by atoms with E-state index in [1.807, 2.05) is 43.0 Å². The standard InChI is InChI=1S/C23H27ClN4O2/c1-15-5-6-19(10-20(15)24)26-21(29)7-9-27-11-17-13-28(14-18(17)12-27)23(30)22-16(2)4-3-8-25-22/h3-6,8,10,17-18H,7,9,11-14H2,1-2H3,(H,26,29). The number of amides is 2. The number of carbonyl (C=O) groups is 2. The van der Waals surface area contributed by atoms with Crippen molar-refractivity contribution >= 4 is 29.1 Å². The molecule has 1 aromatic heterocycles. The summed E-state index contributed by atoms with van der Waals surface area (Å²) in [5, 5.41) is 3.57. The van der Waals surface area contributed by atoms with E-state index in [4.69, 9.17) is 11.6 Å². The smallest absolute Gasteiger partial charge is 0.272 e. The first-order valence-electron chi connectivity index (χ1n) is 10.4. The van der Waals surface area contributed by atoms with Gasteiger partial charge in [-0.25, -0.2) is 0 Å². The van der Waals surface area contributed by atoms with Crippen molar-refractivity contribution in [2.45, 2.75) is 20.3 Å². The molecular weight excluding hydrogens is 400 g/mol. The van der Waals surface area contributed by atoms with Crippen LogP contribution in [0.1, 0.15) is 28.0 Å². The molecule has 2 aliphatic rings. The Hall–Kier alpha value is -2.44. The maximum atomic E-state index is 12.8. The quantitative estimate of drug-likeness (QED) is 0.795. The Morgan fingerprint density at radius 1 is 1.10 bits per heavy atom. The molecule has 2 unspecified atom stereocenters. The minimum atomic E-state index is -0.00518. The third kappa shape index (κ3) is 4.50. The highest BCUT2D eigenvalue weighted by Gasteiger charge is 2.41. The van der Waals surface area contributed by atoms with Crippen molar-refractivity contribution in [3.63, 3.8) is 0 Å². The largest absolute Gasteiger partial charge is 0.337 e. The SMILES string of the molecule is Cc1ccc(NC(=O)CCN2CC3CN(C(=O)c4ncccc4C)CC3C2)cc1Cl. The zero-order chi connectivity index (χ0) is 21.3. The molecule has 2 atom stereocenters. The maximum Gasteiger partial charge on any atom is 0.272 e. The molecule has 0 radical (unpaired) electrons. The van der Waals surface area contributed by atoms with Gasteiger partial charge in [-0.05, 0) is 55.0 Å². The van der Waals surface area contributed by atoms with E-state index in [1.54, 1.807) is 12.3 Å². The van der Waals surface area contributed by atoms with E-state index in [0.29, 0.717) is 29.0 Å². The number of hydrogen-bond acceptors (Lipinski definition) is 4. The van der Waals surface area contributed by atoms with Gasteiger partial charge in [0.05, 0.1) is 0 Å². The van der Waals surface area contributed by atoms with Gasteiger partial charge < -0.3 is 15.1 Å². The minimum absolute atomic E-state index is 0.00518. The molecule has 3 heterocycles. The Labute approximate surface area is 182 Å². The zero-order valence-corrected chi connectivity index (χ0v) is 18.2. The molecular formula is C23H27ClN4O2. The van der Waals surface area contributed by atoms with Crippen LogP contribution >= 0.6 is 11.6 Å². The Morgan fingerprint density at radius 2 is 1.83 bits per heavy atom. The first-order chi connectivity index (χ1) is 14.4. The summed E-state index contributed by atoms with van der Waals surface area (Å²) in [6.45, 7) is 7.98. The first-order valence-corrected chi connectivity index (χ1v) is 10.8. The lowest BCUT2D eigenvalue weighted by atomic mass is 10.0. The molecule has 0 spiro atoms. The fraction of sp³-hybridized carbons (Fsp3) is 0.435. The molecule has 2 fully saturated rings. The van der Waals surface area contributed by atoms with E-state index in [2.05, 4.69) is 15.2 Å². The van der Waals surface area contributed by atoms with Gasteiger partial charge in [0, 0.05) is 56.1 Å². The van der Waals surface area contributed by atoms with Crippen LogP contribution in [0.5, 0.6) is 0 Å². The molecule has 4 rings (SSSR count). The number of halogens is 1. The van der Waals surface area contributed by atoms with Gasteiger partial charge in [-0.15, -0.1) is 0 Å². The lowest BCUT2D eigenvalue weighted by Gasteiger charge is -2.21. The average Bonchev–Trinajstić information content (AvgIpc) is 3.28. The number of hydrogen-bond donors (Lipinski definition) is 1. The number of nitrogens with zero attached hydrogens (tertiary/aromatic N) is 3. The molecule has 1 N–H and O–H groups in total. The predicted octanol–water partition coefficient (Wildman–Crippen LogP) is 3.38. The first kappa shape index (κ1) is 20.8. The van der Waals surface area contributed by atoms with Crippen LogP contribution in [-0.2, 0) is 4.79 Å². The van der Waals surface area contributed by atoms with Crippen LogP contribution in [0, 0.1) is 25.7 Å². The lowest BCUT2D eigenvalue weighted by Crippen LogP contribution is -2.34. The van der Waals surface area contributed by atoms with Gasteiger partial charge >= 0.3 is 0 Å². The van der Waals surface area contributed by atoms with E-state index in [0.717, 1.165) is 49.5 Å². The third-order valence-corrected chi connectivity index (χ3v) is 6.58. The number of fused-ring (bicyclic) bond motifs is 1. The van der Waals surface area contributed by atoms with Gasteiger partial charge in [-0.2, -0.15) is 0 Å². The van der Waals surface area contributed by atoms with Gasteiger partial charge in [0.15, 0.2) is 0 Å². The molecule has 2 aromatic rings. The number of benzene rings is 1. The Kier molecular flexibility index (Phi) is 6.06. The van der Waals surface area contributed by atoms with Crippen molar-refractivity contribution in [3.05, 3.63) is 58.4 Å². The second-order valence-electron chi connectivity index (χ2n) is 8.42. The van der Waals surface area contributed by atoms with E-state index >= 15 is 0 Å². The second-order valence-corrected chi connectivity index (χ2v) is 8.83. The van der Waals surface area contributed by atoms with Crippen LogP contribution in [0.4, 0.5) is 5.69 Å². The van der Waals surface area contributed by atoms with Crippen LogP contribution in [0.25, 0.3) is 0 Å². The van der Waals surface area contributed by atoms with Crippen LogP contribution in [0.2, 0.25) is 5.02 Å². The van der Waals surface area contributed by atoms with Gasteiger partial charge in [0.1, 0.15) is 5.69 Å². The minimum Gasteiger partial charge on any atom is -0.337 e. The number of likely N-dealkylation sites (tertiary alicyclic amines) is 2. The van der Waals surface area contributed by atoms with Crippen LogP contribution < -0.4 is 5.32 Å². The number of carbonyl (C=O) groups excluding carboxylic acids is 2. The summed E-state index contributed by atoms with van der Waals surface area (Å²) in [5.41, 5.74) is 3.20. The van der Waals surface area contributed by atoms with Crippen molar-refractivity contribution in [1.82, 2.24) is 14.8 Å². The highest BCUT2D eigenvalue weighted by atomic mass is 35.5. The number of rotatable bonds is 5. The van der Waals surface area contributed by atoms with Crippen LogP contribution in [0.3, 0.4) is 0 Å². The molecule has 1 aromatic carbocycles. The Bertz CT molecular complexity index is 950. The van der Waals surface area contributed by atoms with Crippen molar-refractivity contribution in [2.24, 2.45) is 11.8 Å². The number of nitrogens with one attached hydrogen (secondary N) is 1. The highest BCUT2D eigenvalue weighted by molar-refractivity contribution is 6.31. The molecule has 0 bridgehead atoms. The topological polar surface area (TPSA) is 65.5 Å². The molecule has 7 heteroatoms. The molecule has 0 aliphatic carbocycles. The van der Waals surface area contributed by atoms with Gasteiger partial charge in [0.2, 0.25) is 5.91 Å². The Morgan fingerprint density at radius 3 is 2.50 bits per heavy atom. The van der Waals surface area contributed by atoms with Crippen molar-refractivity contribution < 1.29 is 9.59 Å². The molecule has 2 saturated heterocycles. The second kappa shape index (κ2) is 8.74. The summed E-state index contributed by atoms with van der Waals surface area (Å²) in [4.78, 5) is 33.7. The maximum absolute atomic E-state index is 12.8. The number of anilines is 1. The van der Waals surface area contributed by atoms with E-state index < -0.39 is 0 Å². The average molecular weight is 427 g/mol. The van der Waals surface area contributed by atoms with E-state index in [-0.39, 0.29) is 11.8 Å². The lowest BCUT2D eigenvalue weighted by molar-refractivity contribution is -0.116. The molecule has 158 valence electrons. The highest BCUT2D eigenvalue weighted by Crippen LogP contribution is 2.32. The third-order valence-electron chi connectivity index (χ3n) is 6.17. The van der Waals surface area contributed by atoms with Crippen LogP contribution in [0.15, 0.2) is 36.5 Å². The van der Waals surface area contributed by atoms with Gasteiger partial charge in [0.25, 0.3) is 5.91 Å². The number of pyridine rings is 1. The summed E-state index contributed by atoms with van der Waals surface area (Å²) < 4.78 is 0. The fourth-order valence-electron chi connectivity index (χ4n) is 4.45. The summed E-state index contributed by atoms with van der Waals surface area (Å²) in [7, 11) is 0. The molecule has 2 amide bonds. The van der Waals surface area contributed by atoms with Gasteiger partial charge in [-0.1, -0.05) is 23.7 Å². The van der Waals surface area contributed by atoms with Crippen molar-refractivity contribution in [3.8, 4) is 0 Å². The zero-order valence-electron chi connectivity index (χ0n) is 17.4. The normalized spacial score (nSPS) is 21.0. The molecule has 0 saturated carbocycles. The molecule has 30 heavy (non-hydrogen) atoms. The van der Waals surface area contributed by atoms with E-state index in [1.165, 1.54) is 0 Å². The molecule has 2 aliphatic heterocycles. The van der Waals surface area contributed by atoms with Gasteiger partial charge in [-0.3, -0.25) is 14.6 Å². The van der Waals surface area contributed by atoms with Crippen LogP contribution in [-0.4, -0.2) is 59.3 Å². The van der Waals surface area contributed by atoms with Crippen molar-refractivity contribution in [2.75, 3.05) is 38.0 Å². The number of aryl methyl sites for hydroxylation is 2. The molecule has 6 nitrogen and oxygen atoms in total. The van der Waals surface area contributed by atoms with E-state index in [9.17, 15) is 9.59 Å². The fourth-order valence-corrected chi connectivity index (χ4v) is 4.63.